The summed E-state index contributed by atoms with van der Waals surface area (Å²) < 4.78 is 40.5. The van der Waals surface area contributed by atoms with Crippen molar-refractivity contribution < 1.29 is 17.7 Å². The summed E-state index contributed by atoms with van der Waals surface area (Å²) in [4.78, 5) is 9.55. The molecule has 2 rings (SSSR count). The number of sulfonamides is 1. The highest BCUT2D eigenvalue weighted by Crippen LogP contribution is 2.39. The average molecular weight is 316 g/mol. The highest BCUT2D eigenvalue weighted by Gasteiger charge is 2.33. The van der Waals surface area contributed by atoms with E-state index in [1.807, 2.05) is 6.92 Å². The fraction of sp³-hybridized carbons (Fsp3) is 0.538. The zero-order valence-corrected chi connectivity index (χ0v) is 12.7. The van der Waals surface area contributed by atoms with Crippen LogP contribution in [0.2, 0.25) is 0 Å². The zero-order chi connectivity index (χ0) is 15.8. The topological polar surface area (TPSA) is 89.3 Å². The number of hydrogen-bond donors (Lipinski definition) is 1. The van der Waals surface area contributed by atoms with Gasteiger partial charge >= 0.3 is 5.69 Å². The second-order valence-electron chi connectivity index (χ2n) is 5.81. The van der Waals surface area contributed by atoms with Gasteiger partial charge in [0.15, 0.2) is 0 Å². The molecule has 0 radical (unpaired) electrons. The molecule has 0 saturated heterocycles. The van der Waals surface area contributed by atoms with Gasteiger partial charge in [-0.25, -0.2) is 13.1 Å². The largest absolute Gasteiger partial charge is 0.306 e. The van der Waals surface area contributed by atoms with E-state index in [4.69, 9.17) is 0 Å². The third kappa shape index (κ3) is 3.21. The van der Waals surface area contributed by atoms with Crippen molar-refractivity contribution in [3.8, 4) is 0 Å². The third-order valence-corrected chi connectivity index (χ3v) is 5.52. The Morgan fingerprint density at radius 3 is 2.52 bits per heavy atom. The Bertz CT molecular complexity index is 684. The number of nitrogens with one attached hydrogen (secondary N) is 1. The first-order valence-corrected chi connectivity index (χ1v) is 8.07. The molecular weight excluding hydrogens is 299 g/mol. The molecule has 0 bridgehead atoms. The van der Waals surface area contributed by atoms with E-state index in [0.717, 1.165) is 31.4 Å². The van der Waals surface area contributed by atoms with E-state index in [-0.39, 0.29) is 22.4 Å². The standard InChI is InChI=1S/C13H17FN2O4S/c1-9-6-10(14)11(16(17)18)7-12(9)21(19,20)15-8-13(2)4-3-5-13/h6-7,15H,3-5,8H2,1-2H3. The van der Waals surface area contributed by atoms with Gasteiger partial charge in [0.1, 0.15) is 0 Å². The summed E-state index contributed by atoms with van der Waals surface area (Å²) in [5.74, 6) is -1.04. The van der Waals surface area contributed by atoms with Gasteiger partial charge in [-0.3, -0.25) is 10.1 Å². The lowest BCUT2D eigenvalue weighted by atomic mass is 9.71. The number of halogens is 1. The quantitative estimate of drug-likeness (QED) is 0.667. The maximum Gasteiger partial charge on any atom is 0.306 e. The number of hydrogen-bond acceptors (Lipinski definition) is 4. The SMILES string of the molecule is Cc1cc(F)c([N+](=O)[O-])cc1S(=O)(=O)NCC1(C)CCC1. The minimum atomic E-state index is -3.89. The van der Waals surface area contributed by atoms with Gasteiger partial charge in [0.25, 0.3) is 0 Å². The van der Waals surface area contributed by atoms with E-state index >= 15 is 0 Å². The molecule has 1 aromatic rings. The maximum atomic E-state index is 13.5. The van der Waals surface area contributed by atoms with Gasteiger partial charge < -0.3 is 0 Å². The van der Waals surface area contributed by atoms with Crippen molar-refractivity contribution in [2.45, 2.75) is 38.0 Å². The van der Waals surface area contributed by atoms with Gasteiger partial charge in [-0.05, 0) is 36.8 Å². The van der Waals surface area contributed by atoms with Crippen LogP contribution in [-0.4, -0.2) is 19.9 Å². The summed E-state index contributed by atoms with van der Waals surface area (Å²) in [6, 6.07) is 1.65. The minimum absolute atomic E-state index is 0.0626. The normalized spacial score (nSPS) is 17.3. The molecule has 8 heteroatoms. The van der Waals surface area contributed by atoms with Gasteiger partial charge in [0, 0.05) is 12.6 Å². The van der Waals surface area contributed by atoms with Crippen LogP contribution in [0.25, 0.3) is 0 Å². The van der Waals surface area contributed by atoms with Crippen LogP contribution in [-0.2, 0) is 10.0 Å². The van der Waals surface area contributed by atoms with Crippen LogP contribution in [0.5, 0.6) is 0 Å². The number of nitro groups is 1. The van der Waals surface area contributed by atoms with Gasteiger partial charge in [-0.1, -0.05) is 13.3 Å². The van der Waals surface area contributed by atoms with E-state index in [1.54, 1.807) is 0 Å². The average Bonchev–Trinajstić information content (AvgIpc) is 2.33. The van der Waals surface area contributed by atoms with E-state index in [9.17, 15) is 22.9 Å². The molecule has 0 aliphatic heterocycles. The summed E-state index contributed by atoms with van der Waals surface area (Å²) in [5.41, 5.74) is -0.757. The second-order valence-corrected chi connectivity index (χ2v) is 7.55. The van der Waals surface area contributed by atoms with Crippen molar-refractivity contribution in [3.63, 3.8) is 0 Å². The first kappa shape index (κ1) is 15.8. The smallest absolute Gasteiger partial charge is 0.258 e. The molecular formula is C13H17FN2O4S. The molecule has 116 valence electrons. The monoisotopic (exact) mass is 316 g/mol. The highest BCUT2D eigenvalue weighted by atomic mass is 32.2. The van der Waals surface area contributed by atoms with E-state index < -0.39 is 26.5 Å². The molecule has 0 aromatic heterocycles. The molecule has 1 saturated carbocycles. The van der Waals surface area contributed by atoms with Crippen molar-refractivity contribution in [1.82, 2.24) is 4.72 Å². The van der Waals surface area contributed by atoms with Crippen LogP contribution in [0.15, 0.2) is 17.0 Å². The number of nitrogens with zero attached hydrogens (tertiary/aromatic N) is 1. The third-order valence-electron chi connectivity index (χ3n) is 3.98. The van der Waals surface area contributed by atoms with E-state index in [2.05, 4.69) is 4.72 Å². The summed E-state index contributed by atoms with van der Waals surface area (Å²) in [7, 11) is -3.89. The van der Waals surface area contributed by atoms with Crippen LogP contribution in [0.4, 0.5) is 10.1 Å². The molecule has 21 heavy (non-hydrogen) atoms. The molecule has 1 N–H and O–H groups in total. The fourth-order valence-corrected chi connectivity index (χ4v) is 3.82. The fourth-order valence-electron chi connectivity index (χ4n) is 2.38. The Hall–Kier alpha value is -1.54. The Morgan fingerprint density at radius 1 is 1.43 bits per heavy atom. The molecule has 6 nitrogen and oxygen atoms in total. The number of nitro benzene ring substituents is 1. The Morgan fingerprint density at radius 2 is 2.05 bits per heavy atom. The lowest BCUT2D eigenvalue weighted by Crippen LogP contribution is -2.40. The Balaban J connectivity index is 2.30. The Labute approximate surface area is 122 Å². The number of benzene rings is 1. The van der Waals surface area contributed by atoms with Crippen molar-refractivity contribution in [2.75, 3.05) is 6.54 Å². The lowest BCUT2D eigenvalue weighted by molar-refractivity contribution is -0.387. The van der Waals surface area contributed by atoms with Crippen LogP contribution in [0.3, 0.4) is 0 Å². The summed E-state index contributed by atoms with van der Waals surface area (Å²) in [6.45, 7) is 3.67. The molecule has 1 aromatic carbocycles. The zero-order valence-electron chi connectivity index (χ0n) is 11.8. The van der Waals surface area contributed by atoms with Crippen molar-refractivity contribution in [3.05, 3.63) is 33.6 Å². The van der Waals surface area contributed by atoms with Gasteiger partial charge in [-0.2, -0.15) is 4.39 Å². The second kappa shape index (κ2) is 5.34. The minimum Gasteiger partial charge on any atom is -0.258 e. The van der Waals surface area contributed by atoms with Crippen LogP contribution < -0.4 is 4.72 Å². The molecule has 0 heterocycles. The number of aryl methyl sites for hydroxylation is 1. The van der Waals surface area contributed by atoms with Crippen molar-refractivity contribution in [2.24, 2.45) is 5.41 Å². The van der Waals surface area contributed by atoms with E-state index in [0.29, 0.717) is 0 Å². The first-order valence-electron chi connectivity index (χ1n) is 6.59. The van der Waals surface area contributed by atoms with Gasteiger partial charge in [0.05, 0.1) is 9.82 Å². The predicted molar refractivity (Wildman–Crippen MR) is 74.9 cm³/mol. The first-order chi connectivity index (χ1) is 9.65. The molecule has 1 aliphatic carbocycles. The van der Waals surface area contributed by atoms with Crippen LogP contribution in [0, 0.1) is 28.3 Å². The maximum absolute atomic E-state index is 13.5. The number of rotatable bonds is 5. The Kier molecular flexibility index (Phi) is 4.03. The van der Waals surface area contributed by atoms with Crippen LogP contribution in [0.1, 0.15) is 31.7 Å². The van der Waals surface area contributed by atoms with Crippen molar-refractivity contribution >= 4 is 15.7 Å². The van der Waals surface area contributed by atoms with Gasteiger partial charge in [-0.15, -0.1) is 0 Å². The van der Waals surface area contributed by atoms with Crippen molar-refractivity contribution in [1.29, 1.82) is 0 Å². The summed E-state index contributed by atoms with van der Waals surface area (Å²) in [6.07, 6.45) is 2.95. The molecule has 1 aliphatic rings. The van der Waals surface area contributed by atoms with E-state index in [1.165, 1.54) is 6.92 Å². The van der Waals surface area contributed by atoms with Crippen LogP contribution >= 0.6 is 0 Å². The molecule has 1 fully saturated rings. The predicted octanol–water partition coefficient (Wildman–Crippen LogP) is 2.51. The lowest BCUT2D eigenvalue weighted by Gasteiger charge is -2.38. The van der Waals surface area contributed by atoms with Gasteiger partial charge in [0.2, 0.25) is 15.8 Å². The molecule has 0 amide bonds. The highest BCUT2D eigenvalue weighted by molar-refractivity contribution is 7.89. The summed E-state index contributed by atoms with van der Waals surface area (Å²) in [5, 5.41) is 10.7. The molecule has 0 spiro atoms. The molecule has 0 unspecified atom stereocenters. The summed E-state index contributed by atoms with van der Waals surface area (Å²) >= 11 is 0. The molecule has 0 atom stereocenters.